The lowest BCUT2D eigenvalue weighted by Crippen LogP contribution is -2.33. The third-order valence-corrected chi connectivity index (χ3v) is 7.65. The van der Waals surface area contributed by atoms with Crippen molar-refractivity contribution in [3.05, 3.63) is 75.3 Å². The first-order valence-corrected chi connectivity index (χ1v) is 11.7. The van der Waals surface area contributed by atoms with E-state index in [4.69, 9.17) is 23.2 Å². The van der Waals surface area contributed by atoms with Gasteiger partial charge in [0.15, 0.2) is 0 Å². The molecule has 3 nitrogen and oxygen atoms in total. The summed E-state index contributed by atoms with van der Waals surface area (Å²) >= 11 is 12.9. The predicted octanol–water partition coefficient (Wildman–Crippen LogP) is 6.84. The minimum atomic E-state index is 0.0934. The van der Waals surface area contributed by atoms with E-state index < -0.39 is 0 Å². The number of benzene rings is 2. The summed E-state index contributed by atoms with van der Waals surface area (Å²) in [5.41, 5.74) is 4.13. The fourth-order valence-corrected chi connectivity index (χ4v) is 5.68. The Labute approximate surface area is 188 Å². The number of halogens is 2. The molecule has 0 bridgehead atoms. The standard InChI is InChI=1S/C25H26Cl2N2O/c26-21-10-6-9-19(23(21)27)24-18-8-5-7-17(18)20-15-16(11-12-22(20)28-24)25(30)29-13-3-1-2-4-14-29/h5-7,9-12,15,17-18,24,28H,1-4,8,13-14H2. The largest absolute Gasteiger partial charge is 0.378 e. The predicted molar refractivity (Wildman–Crippen MR) is 124 cm³/mol. The van der Waals surface area contributed by atoms with Gasteiger partial charge in [-0.1, -0.05) is 60.3 Å². The van der Waals surface area contributed by atoms with Crippen LogP contribution in [0.2, 0.25) is 10.0 Å². The maximum absolute atomic E-state index is 13.2. The molecule has 1 saturated heterocycles. The fourth-order valence-electron chi connectivity index (χ4n) is 5.25. The smallest absolute Gasteiger partial charge is 0.253 e. The lowest BCUT2D eigenvalue weighted by atomic mass is 9.76. The maximum Gasteiger partial charge on any atom is 0.253 e. The van der Waals surface area contributed by atoms with Gasteiger partial charge in [-0.25, -0.2) is 0 Å². The molecule has 0 aromatic heterocycles. The van der Waals surface area contributed by atoms with E-state index in [9.17, 15) is 4.79 Å². The molecular weight excluding hydrogens is 415 g/mol. The van der Waals surface area contributed by atoms with Gasteiger partial charge < -0.3 is 10.2 Å². The normalized spacial score (nSPS) is 25.3. The molecule has 2 aliphatic heterocycles. The van der Waals surface area contributed by atoms with Crippen molar-refractivity contribution in [1.82, 2.24) is 4.90 Å². The first kappa shape index (κ1) is 20.0. The molecule has 0 radical (unpaired) electrons. The number of allylic oxidation sites excluding steroid dienone is 2. The van der Waals surface area contributed by atoms with Crippen LogP contribution in [0.25, 0.3) is 0 Å². The molecule has 5 heteroatoms. The summed E-state index contributed by atoms with van der Waals surface area (Å²) in [5.74, 6) is 0.799. The van der Waals surface area contributed by atoms with E-state index in [0.29, 0.717) is 16.0 Å². The summed E-state index contributed by atoms with van der Waals surface area (Å²) in [6.07, 6.45) is 10.2. The minimum absolute atomic E-state index is 0.0934. The number of carbonyl (C=O) groups excluding carboxylic acids is 1. The summed E-state index contributed by atoms with van der Waals surface area (Å²) < 4.78 is 0. The summed E-state index contributed by atoms with van der Waals surface area (Å²) in [4.78, 5) is 15.2. The highest BCUT2D eigenvalue weighted by atomic mass is 35.5. The van der Waals surface area contributed by atoms with Gasteiger partial charge in [-0.2, -0.15) is 0 Å². The molecular formula is C25H26Cl2N2O. The Bertz CT molecular complexity index is 995. The summed E-state index contributed by atoms with van der Waals surface area (Å²) in [5, 5.41) is 4.91. The van der Waals surface area contributed by atoms with Gasteiger partial charge in [-0.3, -0.25) is 4.79 Å². The second kappa shape index (κ2) is 8.28. The summed E-state index contributed by atoms with van der Waals surface area (Å²) in [6.45, 7) is 1.74. The second-order valence-corrected chi connectivity index (χ2v) is 9.41. The molecule has 1 N–H and O–H groups in total. The van der Waals surface area contributed by atoms with Crippen LogP contribution in [0.5, 0.6) is 0 Å². The van der Waals surface area contributed by atoms with E-state index in [1.807, 2.05) is 23.1 Å². The molecule has 0 saturated carbocycles. The molecule has 30 heavy (non-hydrogen) atoms. The van der Waals surface area contributed by atoms with Crippen LogP contribution in [0.3, 0.4) is 0 Å². The first-order valence-electron chi connectivity index (χ1n) is 10.9. The highest BCUT2D eigenvalue weighted by molar-refractivity contribution is 6.42. The van der Waals surface area contributed by atoms with Crippen molar-refractivity contribution >= 4 is 34.8 Å². The Morgan fingerprint density at radius 1 is 1.00 bits per heavy atom. The van der Waals surface area contributed by atoms with Crippen molar-refractivity contribution in [1.29, 1.82) is 0 Å². The molecule has 5 rings (SSSR count). The number of fused-ring (bicyclic) bond motifs is 3. The number of hydrogen-bond donors (Lipinski definition) is 1. The van der Waals surface area contributed by atoms with Crippen molar-refractivity contribution in [2.75, 3.05) is 18.4 Å². The second-order valence-electron chi connectivity index (χ2n) is 8.63. The summed E-state index contributed by atoms with van der Waals surface area (Å²) in [6, 6.07) is 12.1. The molecule has 2 heterocycles. The number of carbonyl (C=O) groups is 1. The van der Waals surface area contributed by atoms with E-state index in [0.717, 1.165) is 49.2 Å². The maximum atomic E-state index is 13.2. The van der Waals surface area contributed by atoms with Crippen LogP contribution in [0.15, 0.2) is 48.6 Å². The number of rotatable bonds is 2. The zero-order valence-electron chi connectivity index (χ0n) is 16.9. The Morgan fingerprint density at radius 2 is 1.80 bits per heavy atom. The van der Waals surface area contributed by atoms with Gasteiger partial charge in [0.1, 0.15) is 0 Å². The van der Waals surface area contributed by atoms with Crippen molar-refractivity contribution in [2.45, 2.75) is 44.1 Å². The molecule has 3 aliphatic rings. The number of amides is 1. The Kier molecular flexibility index (Phi) is 5.51. The van der Waals surface area contributed by atoms with Crippen LogP contribution in [0.4, 0.5) is 5.69 Å². The van der Waals surface area contributed by atoms with Crippen LogP contribution in [-0.2, 0) is 0 Å². The quantitative estimate of drug-likeness (QED) is 0.518. The molecule has 2 aromatic carbocycles. The number of nitrogens with one attached hydrogen (secondary N) is 1. The van der Waals surface area contributed by atoms with Crippen LogP contribution in [0, 0.1) is 5.92 Å². The topological polar surface area (TPSA) is 32.3 Å². The van der Waals surface area contributed by atoms with Crippen LogP contribution >= 0.6 is 23.2 Å². The molecule has 2 aromatic rings. The third-order valence-electron chi connectivity index (χ3n) is 6.82. The molecule has 3 unspecified atom stereocenters. The first-order chi connectivity index (χ1) is 14.6. The molecule has 156 valence electrons. The van der Waals surface area contributed by atoms with E-state index in [2.05, 4.69) is 35.7 Å². The van der Waals surface area contributed by atoms with Crippen LogP contribution in [0.1, 0.15) is 65.5 Å². The lowest BCUT2D eigenvalue weighted by molar-refractivity contribution is 0.0761. The Morgan fingerprint density at radius 3 is 2.60 bits per heavy atom. The molecule has 3 atom stereocenters. The number of nitrogens with zero attached hydrogens (tertiary/aromatic N) is 1. The number of anilines is 1. The van der Waals surface area contributed by atoms with Gasteiger partial charge >= 0.3 is 0 Å². The van der Waals surface area contributed by atoms with Crippen LogP contribution in [-0.4, -0.2) is 23.9 Å². The van der Waals surface area contributed by atoms with Gasteiger partial charge in [-0.15, -0.1) is 0 Å². The highest BCUT2D eigenvalue weighted by Crippen LogP contribution is 2.51. The average molecular weight is 441 g/mol. The van der Waals surface area contributed by atoms with Gasteiger partial charge in [0.2, 0.25) is 0 Å². The molecule has 0 spiro atoms. The van der Waals surface area contributed by atoms with E-state index in [1.54, 1.807) is 0 Å². The fraction of sp³-hybridized carbons (Fsp3) is 0.400. The van der Waals surface area contributed by atoms with Gasteiger partial charge in [0, 0.05) is 30.3 Å². The van der Waals surface area contributed by atoms with Crippen molar-refractivity contribution < 1.29 is 4.79 Å². The SMILES string of the molecule is O=C(c1ccc2c(c1)C1C=CCC1C(c1cccc(Cl)c1Cl)N2)N1CCCCCC1. The van der Waals surface area contributed by atoms with E-state index >= 15 is 0 Å². The highest BCUT2D eigenvalue weighted by Gasteiger charge is 2.39. The number of likely N-dealkylation sites (tertiary alicyclic amines) is 1. The minimum Gasteiger partial charge on any atom is -0.378 e. The molecule has 1 aliphatic carbocycles. The Balaban J connectivity index is 1.48. The van der Waals surface area contributed by atoms with Gasteiger partial charge in [0.25, 0.3) is 5.91 Å². The van der Waals surface area contributed by atoms with Crippen molar-refractivity contribution in [3.63, 3.8) is 0 Å². The Hall–Kier alpha value is -1.97. The van der Waals surface area contributed by atoms with Gasteiger partial charge in [-0.05, 0) is 60.6 Å². The van der Waals surface area contributed by atoms with Gasteiger partial charge in [0.05, 0.1) is 16.1 Å². The third kappa shape index (κ3) is 3.52. The monoisotopic (exact) mass is 440 g/mol. The lowest BCUT2D eigenvalue weighted by Gasteiger charge is -2.38. The van der Waals surface area contributed by atoms with E-state index in [1.165, 1.54) is 18.4 Å². The van der Waals surface area contributed by atoms with Crippen molar-refractivity contribution in [3.8, 4) is 0 Å². The average Bonchev–Trinajstić information content (AvgIpc) is 3.10. The number of hydrogen-bond acceptors (Lipinski definition) is 2. The molecule has 1 fully saturated rings. The van der Waals surface area contributed by atoms with E-state index in [-0.39, 0.29) is 17.9 Å². The molecule has 1 amide bonds. The summed E-state index contributed by atoms with van der Waals surface area (Å²) in [7, 11) is 0. The van der Waals surface area contributed by atoms with Crippen molar-refractivity contribution in [2.24, 2.45) is 5.92 Å². The zero-order chi connectivity index (χ0) is 20.7. The van der Waals surface area contributed by atoms with Crippen LogP contribution < -0.4 is 5.32 Å². The zero-order valence-corrected chi connectivity index (χ0v) is 18.4.